The minimum Gasteiger partial charge on any atom is -0.313 e. The smallest absolute Gasteiger partial charge is 0.133 e. The summed E-state index contributed by atoms with van der Waals surface area (Å²) in [5.74, 6) is -0.952. The molecule has 13 heavy (non-hydrogen) atoms. The molecule has 3 heteroatoms. The number of aryl methyl sites for hydroxylation is 1. The predicted octanol–water partition coefficient (Wildman–Crippen LogP) is 2.55. The van der Waals surface area contributed by atoms with Crippen LogP contribution >= 0.6 is 0 Å². The second-order valence-electron chi connectivity index (χ2n) is 3.10. The lowest BCUT2D eigenvalue weighted by atomic mass is 10.0. The minimum absolute atomic E-state index is 0.113. The van der Waals surface area contributed by atoms with E-state index in [1.54, 1.807) is 20.9 Å². The number of benzene rings is 1. The summed E-state index contributed by atoms with van der Waals surface area (Å²) in [6.07, 6.45) is 0. The Morgan fingerprint density at radius 1 is 1.31 bits per heavy atom. The predicted molar refractivity (Wildman–Crippen MR) is 48.6 cm³/mol. The maximum atomic E-state index is 13.4. The van der Waals surface area contributed by atoms with Crippen molar-refractivity contribution in [1.29, 1.82) is 0 Å². The Bertz CT molecular complexity index is 310. The van der Waals surface area contributed by atoms with Gasteiger partial charge in [0.1, 0.15) is 11.6 Å². The van der Waals surface area contributed by atoms with Crippen LogP contribution in [0.15, 0.2) is 12.1 Å². The van der Waals surface area contributed by atoms with Crippen molar-refractivity contribution < 1.29 is 8.78 Å². The normalized spacial score (nSPS) is 13.0. The molecule has 0 fully saturated rings. The van der Waals surface area contributed by atoms with Gasteiger partial charge in [0.2, 0.25) is 0 Å². The van der Waals surface area contributed by atoms with Crippen molar-refractivity contribution in [3.05, 3.63) is 34.9 Å². The van der Waals surface area contributed by atoms with Gasteiger partial charge in [-0.15, -0.1) is 0 Å². The van der Waals surface area contributed by atoms with Crippen molar-refractivity contribution in [2.45, 2.75) is 19.9 Å². The van der Waals surface area contributed by atoms with Gasteiger partial charge >= 0.3 is 0 Å². The van der Waals surface area contributed by atoms with Gasteiger partial charge in [0.15, 0.2) is 0 Å². The van der Waals surface area contributed by atoms with Crippen molar-refractivity contribution in [3.63, 3.8) is 0 Å². The summed E-state index contributed by atoms with van der Waals surface area (Å²) in [6.45, 7) is 3.35. The Kier molecular flexibility index (Phi) is 2.98. The van der Waals surface area contributed by atoms with E-state index in [4.69, 9.17) is 0 Å². The molecule has 0 bridgehead atoms. The SMILES string of the molecule is CN[C@@H](C)c1c(F)ccc(C)c1F. The summed E-state index contributed by atoms with van der Waals surface area (Å²) in [7, 11) is 1.67. The molecule has 0 spiro atoms. The third-order valence-corrected chi connectivity index (χ3v) is 2.19. The highest BCUT2D eigenvalue weighted by Gasteiger charge is 2.15. The molecule has 1 aromatic rings. The zero-order chi connectivity index (χ0) is 10.0. The van der Waals surface area contributed by atoms with E-state index < -0.39 is 11.6 Å². The van der Waals surface area contributed by atoms with Crippen LogP contribution in [0.5, 0.6) is 0 Å². The molecule has 0 aliphatic rings. The Morgan fingerprint density at radius 3 is 2.46 bits per heavy atom. The van der Waals surface area contributed by atoms with Gasteiger partial charge in [-0.2, -0.15) is 0 Å². The van der Waals surface area contributed by atoms with Gasteiger partial charge in [0.25, 0.3) is 0 Å². The molecule has 0 aromatic heterocycles. The molecule has 0 radical (unpaired) electrons. The van der Waals surface area contributed by atoms with Crippen LogP contribution in [0.4, 0.5) is 8.78 Å². The van der Waals surface area contributed by atoms with Crippen molar-refractivity contribution in [2.24, 2.45) is 0 Å². The fourth-order valence-electron chi connectivity index (χ4n) is 1.22. The number of nitrogens with one attached hydrogen (secondary N) is 1. The first kappa shape index (κ1) is 10.1. The lowest BCUT2D eigenvalue weighted by Gasteiger charge is -2.13. The third kappa shape index (κ3) is 1.86. The zero-order valence-electron chi connectivity index (χ0n) is 7.99. The third-order valence-electron chi connectivity index (χ3n) is 2.19. The highest BCUT2D eigenvalue weighted by molar-refractivity contribution is 5.28. The van der Waals surface area contributed by atoms with Gasteiger partial charge in [0, 0.05) is 11.6 Å². The monoisotopic (exact) mass is 185 g/mol. The van der Waals surface area contributed by atoms with Crippen LogP contribution in [0.3, 0.4) is 0 Å². The van der Waals surface area contributed by atoms with Crippen molar-refractivity contribution in [1.82, 2.24) is 5.32 Å². The first-order valence-corrected chi connectivity index (χ1v) is 4.19. The molecule has 1 rings (SSSR count). The maximum Gasteiger partial charge on any atom is 0.133 e. The van der Waals surface area contributed by atoms with E-state index >= 15 is 0 Å². The molecular weight excluding hydrogens is 172 g/mol. The Balaban J connectivity index is 3.25. The largest absolute Gasteiger partial charge is 0.313 e. The van der Waals surface area contributed by atoms with Gasteiger partial charge in [-0.05, 0) is 32.5 Å². The lowest BCUT2D eigenvalue weighted by Crippen LogP contribution is -2.16. The van der Waals surface area contributed by atoms with Crippen molar-refractivity contribution >= 4 is 0 Å². The molecule has 72 valence electrons. The molecular formula is C10H13F2N. The molecule has 1 atom stereocenters. The molecule has 0 heterocycles. The summed E-state index contributed by atoms with van der Waals surface area (Å²) in [5, 5.41) is 2.81. The highest BCUT2D eigenvalue weighted by atomic mass is 19.1. The van der Waals surface area contributed by atoms with Gasteiger partial charge in [0.05, 0.1) is 0 Å². The van der Waals surface area contributed by atoms with Gasteiger partial charge < -0.3 is 5.32 Å². The molecule has 0 aliphatic carbocycles. The van der Waals surface area contributed by atoms with E-state index in [1.165, 1.54) is 12.1 Å². The van der Waals surface area contributed by atoms with Crippen LogP contribution in [0.2, 0.25) is 0 Å². The van der Waals surface area contributed by atoms with Gasteiger partial charge in [-0.1, -0.05) is 6.07 Å². The Labute approximate surface area is 76.8 Å². The summed E-state index contributed by atoms with van der Waals surface area (Å²) < 4.78 is 26.6. The molecule has 1 aromatic carbocycles. The maximum absolute atomic E-state index is 13.4. The molecule has 1 nitrogen and oxygen atoms in total. The average Bonchev–Trinajstić information content (AvgIpc) is 2.12. The van der Waals surface area contributed by atoms with E-state index in [0.29, 0.717) is 5.56 Å². The van der Waals surface area contributed by atoms with Crippen molar-refractivity contribution in [3.8, 4) is 0 Å². The second kappa shape index (κ2) is 3.83. The summed E-state index contributed by atoms with van der Waals surface area (Å²) in [4.78, 5) is 0. The molecule has 0 amide bonds. The molecule has 0 unspecified atom stereocenters. The Hall–Kier alpha value is -0.960. The molecule has 1 N–H and O–H groups in total. The lowest BCUT2D eigenvalue weighted by molar-refractivity contribution is 0.506. The first-order valence-electron chi connectivity index (χ1n) is 4.19. The first-order chi connectivity index (χ1) is 6.07. The fraction of sp³-hybridized carbons (Fsp3) is 0.400. The molecule has 0 aliphatic heterocycles. The van der Waals surface area contributed by atoms with Crippen LogP contribution in [-0.2, 0) is 0 Å². The van der Waals surface area contributed by atoms with E-state index in [9.17, 15) is 8.78 Å². The van der Waals surface area contributed by atoms with E-state index in [0.717, 1.165) is 0 Å². The molecule has 0 saturated carbocycles. The van der Waals surface area contributed by atoms with Crippen LogP contribution in [0, 0.1) is 18.6 Å². The van der Waals surface area contributed by atoms with Gasteiger partial charge in [-0.3, -0.25) is 0 Å². The van der Waals surface area contributed by atoms with E-state index in [2.05, 4.69) is 5.32 Å². The standard InChI is InChI=1S/C10H13F2N/c1-6-4-5-8(11)9(10(6)12)7(2)13-3/h4-5,7,13H,1-3H3/t7-/m0/s1. The Morgan fingerprint density at radius 2 is 1.92 bits per heavy atom. The van der Waals surface area contributed by atoms with E-state index in [1.807, 2.05) is 0 Å². The molecule has 0 saturated heterocycles. The topological polar surface area (TPSA) is 12.0 Å². The number of hydrogen-bond donors (Lipinski definition) is 1. The van der Waals surface area contributed by atoms with Crippen LogP contribution < -0.4 is 5.32 Å². The minimum atomic E-state index is -0.495. The van der Waals surface area contributed by atoms with Crippen LogP contribution in [-0.4, -0.2) is 7.05 Å². The summed E-state index contributed by atoms with van der Waals surface area (Å²) in [5.41, 5.74) is 0.584. The highest BCUT2D eigenvalue weighted by Crippen LogP contribution is 2.22. The second-order valence-corrected chi connectivity index (χ2v) is 3.10. The number of hydrogen-bond acceptors (Lipinski definition) is 1. The number of rotatable bonds is 2. The van der Waals surface area contributed by atoms with Crippen LogP contribution in [0.25, 0.3) is 0 Å². The summed E-state index contributed by atoms with van der Waals surface area (Å²) >= 11 is 0. The van der Waals surface area contributed by atoms with Gasteiger partial charge in [-0.25, -0.2) is 8.78 Å². The van der Waals surface area contributed by atoms with Crippen LogP contribution in [0.1, 0.15) is 24.1 Å². The number of halogens is 2. The average molecular weight is 185 g/mol. The van der Waals surface area contributed by atoms with E-state index in [-0.39, 0.29) is 11.6 Å². The zero-order valence-corrected chi connectivity index (χ0v) is 7.99. The van der Waals surface area contributed by atoms with Crippen molar-refractivity contribution in [2.75, 3.05) is 7.05 Å². The summed E-state index contributed by atoms with van der Waals surface area (Å²) in [6, 6.07) is 2.43. The fourth-order valence-corrected chi connectivity index (χ4v) is 1.22. The quantitative estimate of drug-likeness (QED) is 0.746.